The Kier molecular flexibility index (Phi) is 4.71. The normalized spacial score (nSPS) is 11.7. The molecule has 0 unspecified atom stereocenters. The molecule has 0 aliphatic rings. The van der Waals surface area contributed by atoms with Crippen LogP contribution in [0.1, 0.15) is 21.1 Å². The molecule has 29 heavy (non-hydrogen) atoms. The third-order valence-corrected chi connectivity index (χ3v) is 5.02. The summed E-state index contributed by atoms with van der Waals surface area (Å²) in [5, 5.41) is 14.4. The van der Waals surface area contributed by atoms with E-state index in [2.05, 4.69) is 15.3 Å². The summed E-state index contributed by atoms with van der Waals surface area (Å²) in [6.07, 6.45) is -2.15. The molecular weight excluding hydrogens is 407 g/mol. The lowest BCUT2D eigenvalue weighted by Crippen LogP contribution is -2.25. The molecule has 0 saturated carbocycles. The minimum atomic E-state index is -4.76. The number of hydrogen-bond acceptors (Lipinski definition) is 6. The fraction of sp³-hybridized carbons (Fsp3) is 0.105. The van der Waals surface area contributed by atoms with Crippen LogP contribution < -0.4 is 5.32 Å². The largest absolute Gasteiger partial charge is 0.493 e. The Bertz CT molecular complexity index is 1170. The zero-order chi connectivity index (χ0) is 20.6. The molecule has 0 aliphatic heterocycles. The summed E-state index contributed by atoms with van der Waals surface area (Å²) in [4.78, 5) is 20.7. The van der Waals surface area contributed by atoms with Crippen LogP contribution in [0.4, 0.5) is 13.2 Å². The maximum absolute atomic E-state index is 13.7. The van der Waals surface area contributed by atoms with Crippen LogP contribution in [0.5, 0.6) is 5.88 Å². The molecule has 3 aromatic heterocycles. The molecule has 148 valence electrons. The SMILES string of the molecule is O=C(NCc1cccs1)c1nc(O)c2cc(-c3ccoc3)cc(C(F)(F)F)c2n1. The smallest absolute Gasteiger partial charge is 0.418 e. The number of fused-ring (bicyclic) bond motifs is 1. The Morgan fingerprint density at radius 1 is 1.21 bits per heavy atom. The van der Waals surface area contributed by atoms with Gasteiger partial charge in [-0.15, -0.1) is 11.3 Å². The summed E-state index contributed by atoms with van der Waals surface area (Å²) < 4.78 is 45.9. The van der Waals surface area contributed by atoms with Crippen molar-refractivity contribution >= 4 is 28.1 Å². The van der Waals surface area contributed by atoms with Crippen LogP contribution in [-0.4, -0.2) is 21.0 Å². The number of aromatic hydroxyl groups is 1. The van der Waals surface area contributed by atoms with Crippen molar-refractivity contribution in [2.24, 2.45) is 0 Å². The van der Waals surface area contributed by atoms with Crippen LogP contribution in [-0.2, 0) is 12.7 Å². The summed E-state index contributed by atoms with van der Waals surface area (Å²) in [6, 6.07) is 7.30. The number of carbonyl (C=O) groups excluding carboxylic acids is 1. The molecule has 0 radical (unpaired) electrons. The first-order valence-corrected chi connectivity index (χ1v) is 9.16. The fourth-order valence-corrected chi connectivity index (χ4v) is 3.43. The Labute approximate surface area is 165 Å². The highest BCUT2D eigenvalue weighted by Crippen LogP contribution is 2.39. The van der Waals surface area contributed by atoms with E-state index in [1.807, 2.05) is 5.38 Å². The lowest BCUT2D eigenvalue weighted by atomic mass is 10.0. The van der Waals surface area contributed by atoms with E-state index < -0.39 is 34.9 Å². The Morgan fingerprint density at radius 3 is 2.69 bits per heavy atom. The number of alkyl halides is 3. The van der Waals surface area contributed by atoms with E-state index in [1.165, 1.54) is 36.0 Å². The third kappa shape index (κ3) is 3.79. The first kappa shape index (κ1) is 18.9. The van der Waals surface area contributed by atoms with Crippen LogP contribution >= 0.6 is 11.3 Å². The molecule has 0 spiro atoms. The molecule has 6 nitrogen and oxygen atoms in total. The highest BCUT2D eigenvalue weighted by atomic mass is 32.1. The van der Waals surface area contributed by atoms with Gasteiger partial charge in [0.1, 0.15) is 0 Å². The monoisotopic (exact) mass is 419 g/mol. The van der Waals surface area contributed by atoms with Crippen molar-refractivity contribution in [1.29, 1.82) is 0 Å². The van der Waals surface area contributed by atoms with Gasteiger partial charge in [-0.05, 0) is 35.2 Å². The summed E-state index contributed by atoms with van der Waals surface area (Å²) in [5.41, 5.74) is -1.07. The van der Waals surface area contributed by atoms with Gasteiger partial charge in [0.2, 0.25) is 11.7 Å². The second-order valence-electron chi connectivity index (χ2n) is 6.06. The molecule has 1 amide bonds. The van der Waals surface area contributed by atoms with Crippen molar-refractivity contribution < 1.29 is 27.5 Å². The van der Waals surface area contributed by atoms with Crippen LogP contribution in [0.2, 0.25) is 0 Å². The van der Waals surface area contributed by atoms with Crippen molar-refractivity contribution in [2.75, 3.05) is 0 Å². The molecular formula is C19H12F3N3O3S. The fourth-order valence-electron chi connectivity index (χ4n) is 2.79. The molecule has 0 saturated heterocycles. The number of thiophene rings is 1. The van der Waals surface area contributed by atoms with E-state index >= 15 is 0 Å². The van der Waals surface area contributed by atoms with Gasteiger partial charge < -0.3 is 14.8 Å². The summed E-state index contributed by atoms with van der Waals surface area (Å²) in [6.45, 7) is 0.171. The average Bonchev–Trinajstić information content (AvgIpc) is 3.38. The van der Waals surface area contributed by atoms with Crippen molar-refractivity contribution in [2.45, 2.75) is 12.7 Å². The van der Waals surface area contributed by atoms with E-state index in [9.17, 15) is 23.1 Å². The van der Waals surface area contributed by atoms with Gasteiger partial charge in [-0.25, -0.2) is 4.98 Å². The summed E-state index contributed by atoms with van der Waals surface area (Å²) in [7, 11) is 0. The number of benzene rings is 1. The minimum absolute atomic E-state index is 0.171. The quantitative estimate of drug-likeness (QED) is 0.505. The summed E-state index contributed by atoms with van der Waals surface area (Å²) >= 11 is 1.41. The molecule has 0 bridgehead atoms. The van der Waals surface area contributed by atoms with Gasteiger partial charge in [0.15, 0.2) is 0 Å². The predicted octanol–water partition coefficient (Wildman–Crippen LogP) is 4.61. The van der Waals surface area contributed by atoms with Crippen molar-refractivity contribution in [3.8, 4) is 17.0 Å². The van der Waals surface area contributed by atoms with E-state index in [0.29, 0.717) is 5.56 Å². The predicted molar refractivity (Wildman–Crippen MR) is 99.4 cm³/mol. The number of rotatable bonds is 4. The van der Waals surface area contributed by atoms with Gasteiger partial charge >= 0.3 is 6.18 Å². The number of nitrogens with zero attached hydrogens (tertiary/aromatic N) is 2. The molecule has 4 rings (SSSR count). The maximum Gasteiger partial charge on any atom is 0.418 e. The van der Waals surface area contributed by atoms with Gasteiger partial charge in [-0.3, -0.25) is 4.79 Å². The third-order valence-electron chi connectivity index (χ3n) is 4.15. The zero-order valence-electron chi connectivity index (χ0n) is 14.5. The molecule has 0 atom stereocenters. The molecule has 10 heteroatoms. The number of carbonyl (C=O) groups is 1. The number of amides is 1. The Hall–Kier alpha value is -3.40. The van der Waals surface area contributed by atoms with Gasteiger partial charge in [0.25, 0.3) is 5.91 Å². The lowest BCUT2D eigenvalue weighted by molar-refractivity contribution is -0.136. The second-order valence-corrected chi connectivity index (χ2v) is 7.09. The molecule has 3 heterocycles. The maximum atomic E-state index is 13.7. The highest BCUT2D eigenvalue weighted by molar-refractivity contribution is 7.09. The number of furan rings is 1. The zero-order valence-corrected chi connectivity index (χ0v) is 15.3. The van der Waals surface area contributed by atoms with E-state index in [-0.39, 0.29) is 17.5 Å². The van der Waals surface area contributed by atoms with Crippen LogP contribution in [0.3, 0.4) is 0 Å². The topological polar surface area (TPSA) is 88.2 Å². The molecule has 0 fully saturated rings. The second kappa shape index (κ2) is 7.21. The van der Waals surface area contributed by atoms with Crippen LogP contribution in [0.15, 0.2) is 52.7 Å². The van der Waals surface area contributed by atoms with Crippen LogP contribution in [0, 0.1) is 0 Å². The number of halogens is 3. The standard InChI is InChI=1S/C19H12F3N3O3S/c20-19(21,22)14-7-11(10-3-4-28-9-10)6-13-15(14)24-16(25-17(13)26)18(27)23-8-12-2-1-5-29-12/h1-7,9H,8H2,(H,23,27)(H,24,25,26). The first-order valence-electron chi connectivity index (χ1n) is 8.28. The minimum Gasteiger partial charge on any atom is -0.493 e. The molecule has 1 aromatic carbocycles. The Balaban J connectivity index is 1.79. The van der Waals surface area contributed by atoms with Gasteiger partial charge in [-0.2, -0.15) is 18.2 Å². The van der Waals surface area contributed by atoms with E-state index in [0.717, 1.165) is 10.9 Å². The van der Waals surface area contributed by atoms with Gasteiger partial charge in [-0.1, -0.05) is 6.07 Å². The Morgan fingerprint density at radius 2 is 2.03 bits per heavy atom. The lowest BCUT2D eigenvalue weighted by Gasteiger charge is -2.13. The van der Waals surface area contributed by atoms with Crippen molar-refractivity contribution in [3.63, 3.8) is 0 Å². The summed E-state index contributed by atoms with van der Waals surface area (Å²) in [5.74, 6) is -2.05. The average molecular weight is 419 g/mol. The van der Waals surface area contributed by atoms with Gasteiger partial charge in [0.05, 0.1) is 35.5 Å². The van der Waals surface area contributed by atoms with E-state index in [4.69, 9.17) is 4.42 Å². The van der Waals surface area contributed by atoms with Crippen molar-refractivity contribution in [1.82, 2.24) is 15.3 Å². The number of aromatic nitrogens is 2. The van der Waals surface area contributed by atoms with Gasteiger partial charge in [0, 0.05) is 10.4 Å². The first-order chi connectivity index (χ1) is 13.8. The number of hydrogen-bond donors (Lipinski definition) is 2. The molecule has 0 aliphatic carbocycles. The van der Waals surface area contributed by atoms with Crippen molar-refractivity contribution in [3.05, 3.63) is 64.5 Å². The number of nitrogens with one attached hydrogen (secondary N) is 1. The highest BCUT2D eigenvalue weighted by Gasteiger charge is 2.35. The van der Waals surface area contributed by atoms with E-state index in [1.54, 1.807) is 12.1 Å². The van der Waals surface area contributed by atoms with Crippen LogP contribution in [0.25, 0.3) is 22.0 Å². The molecule has 2 N–H and O–H groups in total. The molecule has 4 aromatic rings.